The third-order valence-electron chi connectivity index (χ3n) is 3.28. The molecular formula is C16H14ClNS. The van der Waals surface area contributed by atoms with Crippen molar-refractivity contribution in [3.05, 3.63) is 58.4 Å². The molecule has 3 heteroatoms. The Morgan fingerprint density at radius 2 is 2.00 bits per heavy atom. The first-order valence-corrected chi connectivity index (χ1v) is 7.44. The van der Waals surface area contributed by atoms with E-state index < -0.39 is 0 Å². The molecule has 2 aromatic carbocycles. The minimum Gasteiger partial charge on any atom is -0.324 e. The van der Waals surface area contributed by atoms with Gasteiger partial charge >= 0.3 is 0 Å². The van der Waals surface area contributed by atoms with Gasteiger partial charge in [0.1, 0.15) is 0 Å². The van der Waals surface area contributed by atoms with Crippen molar-refractivity contribution < 1.29 is 0 Å². The summed E-state index contributed by atoms with van der Waals surface area (Å²) >= 11 is 8.08. The third-order valence-corrected chi connectivity index (χ3v) is 4.57. The Balaban J connectivity index is 2.17. The molecule has 0 spiro atoms. The fourth-order valence-electron chi connectivity index (χ4n) is 2.28. The zero-order valence-corrected chi connectivity index (χ0v) is 12.1. The van der Waals surface area contributed by atoms with E-state index in [1.54, 1.807) is 11.3 Å². The van der Waals surface area contributed by atoms with Crippen molar-refractivity contribution in [1.29, 1.82) is 0 Å². The average molecular weight is 288 g/mol. The van der Waals surface area contributed by atoms with Gasteiger partial charge in [-0.3, -0.25) is 0 Å². The number of halogens is 1. The number of benzene rings is 2. The molecule has 0 fully saturated rings. The van der Waals surface area contributed by atoms with Crippen LogP contribution in [0.1, 0.15) is 18.5 Å². The summed E-state index contributed by atoms with van der Waals surface area (Å²) in [5, 5.41) is 4.13. The number of nitrogens with two attached hydrogens (primary N) is 1. The first kappa shape index (κ1) is 12.7. The first-order chi connectivity index (χ1) is 9.16. The van der Waals surface area contributed by atoms with Crippen LogP contribution < -0.4 is 5.73 Å². The van der Waals surface area contributed by atoms with Gasteiger partial charge in [0, 0.05) is 15.8 Å². The van der Waals surface area contributed by atoms with Crippen LogP contribution in [0.4, 0.5) is 0 Å². The molecule has 0 saturated heterocycles. The van der Waals surface area contributed by atoms with E-state index in [1.165, 1.54) is 15.6 Å². The lowest BCUT2D eigenvalue weighted by Gasteiger charge is -2.10. The maximum atomic E-state index is 6.32. The normalized spacial score (nSPS) is 12.8. The van der Waals surface area contributed by atoms with Gasteiger partial charge in [-0.1, -0.05) is 41.9 Å². The predicted octanol–water partition coefficient (Wildman–Crippen LogP) is 5.24. The van der Waals surface area contributed by atoms with E-state index in [4.69, 9.17) is 17.3 Å². The van der Waals surface area contributed by atoms with Crippen molar-refractivity contribution in [3.8, 4) is 11.1 Å². The van der Waals surface area contributed by atoms with E-state index in [2.05, 4.69) is 35.7 Å². The average Bonchev–Trinajstić information content (AvgIpc) is 2.86. The molecule has 0 aliphatic heterocycles. The molecule has 1 unspecified atom stereocenters. The van der Waals surface area contributed by atoms with Crippen LogP contribution in [-0.2, 0) is 0 Å². The molecule has 1 nitrogen and oxygen atoms in total. The Labute approximate surface area is 121 Å². The SMILES string of the molecule is CC(N)c1ccc(-c2cccc3ccsc23)cc1Cl. The number of thiophene rings is 1. The summed E-state index contributed by atoms with van der Waals surface area (Å²) in [4.78, 5) is 0. The van der Waals surface area contributed by atoms with Crippen LogP contribution in [0.25, 0.3) is 21.2 Å². The van der Waals surface area contributed by atoms with E-state index in [1.807, 2.05) is 19.1 Å². The van der Waals surface area contributed by atoms with Gasteiger partial charge in [0.25, 0.3) is 0 Å². The predicted molar refractivity (Wildman–Crippen MR) is 84.9 cm³/mol. The van der Waals surface area contributed by atoms with Crippen LogP contribution in [0, 0.1) is 0 Å². The highest BCUT2D eigenvalue weighted by Gasteiger charge is 2.09. The maximum Gasteiger partial charge on any atom is 0.0459 e. The lowest BCUT2D eigenvalue weighted by atomic mass is 10.0. The highest BCUT2D eigenvalue weighted by Crippen LogP contribution is 2.35. The minimum absolute atomic E-state index is 0.0425. The van der Waals surface area contributed by atoms with Gasteiger partial charge in [0.15, 0.2) is 0 Å². The molecule has 0 saturated carbocycles. The molecule has 19 heavy (non-hydrogen) atoms. The summed E-state index contributed by atoms with van der Waals surface area (Å²) in [5.74, 6) is 0. The summed E-state index contributed by atoms with van der Waals surface area (Å²) in [6, 6.07) is 14.6. The van der Waals surface area contributed by atoms with Crippen LogP contribution in [-0.4, -0.2) is 0 Å². The molecular weight excluding hydrogens is 274 g/mol. The van der Waals surface area contributed by atoms with Crippen LogP contribution in [0.5, 0.6) is 0 Å². The molecule has 96 valence electrons. The molecule has 2 N–H and O–H groups in total. The summed E-state index contributed by atoms with van der Waals surface area (Å²) in [6.45, 7) is 1.95. The minimum atomic E-state index is -0.0425. The number of hydrogen-bond acceptors (Lipinski definition) is 2. The number of hydrogen-bond donors (Lipinski definition) is 1. The van der Waals surface area contributed by atoms with Crippen LogP contribution >= 0.6 is 22.9 Å². The Hall–Kier alpha value is -1.35. The fourth-order valence-corrected chi connectivity index (χ4v) is 3.57. The Bertz CT molecular complexity index is 730. The monoisotopic (exact) mass is 287 g/mol. The lowest BCUT2D eigenvalue weighted by Crippen LogP contribution is -2.05. The van der Waals surface area contributed by atoms with Gasteiger partial charge in [0.2, 0.25) is 0 Å². The van der Waals surface area contributed by atoms with E-state index in [0.29, 0.717) is 0 Å². The van der Waals surface area contributed by atoms with Gasteiger partial charge in [0.05, 0.1) is 0 Å². The van der Waals surface area contributed by atoms with Crippen molar-refractivity contribution in [2.75, 3.05) is 0 Å². The van der Waals surface area contributed by atoms with Crippen LogP contribution in [0.3, 0.4) is 0 Å². The van der Waals surface area contributed by atoms with Gasteiger partial charge in [-0.05, 0) is 46.5 Å². The molecule has 3 rings (SSSR count). The van der Waals surface area contributed by atoms with Crippen LogP contribution in [0.2, 0.25) is 5.02 Å². The molecule has 0 bridgehead atoms. The van der Waals surface area contributed by atoms with Gasteiger partial charge in [-0.25, -0.2) is 0 Å². The molecule has 1 aromatic heterocycles. The largest absolute Gasteiger partial charge is 0.324 e. The Morgan fingerprint density at radius 3 is 2.74 bits per heavy atom. The molecule has 1 heterocycles. The van der Waals surface area contributed by atoms with Gasteiger partial charge in [-0.2, -0.15) is 0 Å². The van der Waals surface area contributed by atoms with Gasteiger partial charge in [-0.15, -0.1) is 11.3 Å². The van der Waals surface area contributed by atoms with E-state index in [0.717, 1.165) is 16.1 Å². The topological polar surface area (TPSA) is 26.0 Å². The molecule has 0 radical (unpaired) electrons. The standard InChI is InChI=1S/C16H14ClNS/c1-10(18)13-6-5-12(9-15(13)17)14-4-2-3-11-7-8-19-16(11)14/h2-10H,18H2,1H3. The van der Waals surface area contributed by atoms with Crippen LogP contribution in [0.15, 0.2) is 47.8 Å². The number of fused-ring (bicyclic) bond motifs is 1. The molecule has 0 aliphatic carbocycles. The van der Waals surface area contributed by atoms with E-state index in [9.17, 15) is 0 Å². The highest BCUT2D eigenvalue weighted by molar-refractivity contribution is 7.17. The second kappa shape index (κ2) is 4.97. The second-order valence-corrected chi connectivity index (χ2v) is 5.99. The fraction of sp³-hybridized carbons (Fsp3) is 0.125. The smallest absolute Gasteiger partial charge is 0.0459 e. The van der Waals surface area contributed by atoms with E-state index in [-0.39, 0.29) is 6.04 Å². The summed E-state index contributed by atoms with van der Waals surface area (Å²) in [6.07, 6.45) is 0. The quantitative estimate of drug-likeness (QED) is 0.685. The Kier molecular flexibility index (Phi) is 3.31. The zero-order chi connectivity index (χ0) is 13.4. The van der Waals surface area contributed by atoms with Crippen molar-refractivity contribution in [2.24, 2.45) is 5.73 Å². The Morgan fingerprint density at radius 1 is 1.16 bits per heavy atom. The third kappa shape index (κ3) is 2.27. The van der Waals surface area contributed by atoms with Gasteiger partial charge < -0.3 is 5.73 Å². The zero-order valence-electron chi connectivity index (χ0n) is 10.6. The van der Waals surface area contributed by atoms with Crippen molar-refractivity contribution in [1.82, 2.24) is 0 Å². The lowest BCUT2D eigenvalue weighted by molar-refractivity contribution is 0.819. The van der Waals surface area contributed by atoms with Crippen molar-refractivity contribution in [3.63, 3.8) is 0 Å². The molecule has 1 atom stereocenters. The summed E-state index contributed by atoms with van der Waals surface area (Å²) < 4.78 is 1.30. The van der Waals surface area contributed by atoms with Crippen molar-refractivity contribution in [2.45, 2.75) is 13.0 Å². The molecule has 3 aromatic rings. The summed E-state index contributed by atoms with van der Waals surface area (Å²) in [7, 11) is 0. The van der Waals surface area contributed by atoms with Crippen molar-refractivity contribution >= 4 is 33.0 Å². The number of rotatable bonds is 2. The van der Waals surface area contributed by atoms with E-state index >= 15 is 0 Å². The first-order valence-electron chi connectivity index (χ1n) is 6.18. The second-order valence-electron chi connectivity index (χ2n) is 4.67. The summed E-state index contributed by atoms with van der Waals surface area (Å²) in [5.41, 5.74) is 9.25. The molecule has 0 aliphatic rings. The molecule has 0 amide bonds. The maximum absolute atomic E-state index is 6.32. The highest BCUT2D eigenvalue weighted by atomic mass is 35.5.